The second-order valence-electron chi connectivity index (χ2n) is 7.53. The Morgan fingerprint density at radius 1 is 1.00 bits per heavy atom. The molecule has 0 radical (unpaired) electrons. The number of anilines is 1. The summed E-state index contributed by atoms with van der Waals surface area (Å²) in [6.07, 6.45) is 3.63. The van der Waals surface area contributed by atoms with Crippen LogP contribution in [0.4, 0.5) is 5.69 Å². The van der Waals surface area contributed by atoms with Crippen LogP contribution in [-0.4, -0.2) is 5.91 Å². The van der Waals surface area contributed by atoms with Crippen molar-refractivity contribution in [2.75, 3.05) is 5.32 Å². The minimum atomic E-state index is 0.184. The summed E-state index contributed by atoms with van der Waals surface area (Å²) in [7, 11) is 0. The number of benzene rings is 2. The average Bonchev–Trinajstić information content (AvgIpc) is 2.59. The Morgan fingerprint density at radius 3 is 2.42 bits per heavy atom. The van der Waals surface area contributed by atoms with E-state index >= 15 is 0 Å². The first-order chi connectivity index (χ1) is 11.6. The van der Waals surface area contributed by atoms with Crippen LogP contribution in [0.3, 0.4) is 0 Å². The van der Waals surface area contributed by atoms with E-state index in [4.69, 9.17) is 0 Å². The van der Waals surface area contributed by atoms with Crippen LogP contribution >= 0.6 is 0 Å². The van der Waals surface area contributed by atoms with E-state index in [1.165, 1.54) is 30.4 Å². The number of amides is 1. The van der Waals surface area contributed by atoms with E-state index in [0.717, 1.165) is 11.3 Å². The van der Waals surface area contributed by atoms with Crippen LogP contribution < -0.4 is 5.32 Å². The second-order valence-corrected chi connectivity index (χ2v) is 7.53. The lowest BCUT2D eigenvalue weighted by Crippen LogP contribution is -2.53. The third-order valence-corrected chi connectivity index (χ3v) is 6.06. The number of fused-ring (bicyclic) bond motifs is 2. The van der Waals surface area contributed by atoms with Crippen molar-refractivity contribution >= 4 is 11.6 Å². The van der Waals surface area contributed by atoms with Crippen molar-refractivity contribution < 1.29 is 4.79 Å². The van der Waals surface area contributed by atoms with Crippen LogP contribution in [0.1, 0.15) is 41.9 Å². The van der Waals surface area contributed by atoms with Crippen molar-refractivity contribution in [3.05, 3.63) is 65.2 Å². The quantitative estimate of drug-likeness (QED) is 0.840. The molecule has 2 nitrogen and oxygen atoms in total. The molecule has 2 fully saturated rings. The van der Waals surface area contributed by atoms with Gasteiger partial charge in [0.05, 0.1) is 0 Å². The summed E-state index contributed by atoms with van der Waals surface area (Å²) in [6.45, 7) is 4.13. The summed E-state index contributed by atoms with van der Waals surface area (Å²) in [5.41, 5.74) is 4.72. The molecule has 2 aromatic rings. The van der Waals surface area contributed by atoms with Crippen molar-refractivity contribution in [1.29, 1.82) is 0 Å². The molecule has 1 N–H and O–H groups in total. The lowest BCUT2D eigenvalue weighted by molar-refractivity contribution is -0.135. The summed E-state index contributed by atoms with van der Waals surface area (Å²) in [5, 5.41) is 3.21. The number of hydrogen-bond acceptors (Lipinski definition) is 1. The molecule has 2 aliphatic carbocycles. The molecule has 124 valence electrons. The van der Waals surface area contributed by atoms with Crippen molar-refractivity contribution in [2.24, 2.45) is 17.8 Å². The van der Waals surface area contributed by atoms with Crippen molar-refractivity contribution in [2.45, 2.75) is 39.0 Å². The standard InChI is InChI=1S/C22H25NO/c1-14-11-12-15(2)19(13-14)23-22(24)21-17-9-6-10-18(21)20(17)16-7-4-3-5-8-16/h3-5,7-8,11-13,17-18,20-21H,6,9-10H2,1-2H3,(H,23,24)/t17-,18-,20?,21?/m1/s1. The second kappa shape index (κ2) is 6.08. The van der Waals surface area contributed by atoms with Gasteiger partial charge >= 0.3 is 0 Å². The molecular weight excluding hydrogens is 294 g/mol. The maximum absolute atomic E-state index is 12.9. The monoisotopic (exact) mass is 319 g/mol. The van der Waals surface area contributed by atoms with Crippen LogP contribution in [0.2, 0.25) is 0 Å². The van der Waals surface area contributed by atoms with Gasteiger partial charge in [0.15, 0.2) is 0 Å². The first kappa shape index (κ1) is 15.4. The van der Waals surface area contributed by atoms with Crippen LogP contribution in [-0.2, 0) is 4.79 Å². The van der Waals surface area contributed by atoms with Gasteiger partial charge in [-0.15, -0.1) is 0 Å². The van der Waals surface area contributed by atoms with E-state index < -0.39 is 0 Å². The number of rotatable bonds is 3. The van der Waals surface area contributed by atoms with Gasteiger partial charge in [0.25, 0.3) is 0 Å². The minimum absolute atomic E-state index is 0.184. The summed E-state index contributed by atoms with van der Waals surface area (Å²) in [5.74, 6) is 2.01. The van der Waals surface area contributed by atoms with Crippen LogP contribution in [0.25, 0.3) is 0 Å². The average molecular weight is 319 g/mol. The van der Waals surface area contributed by atoms with E-state index in [9.17, 15) is 4.79 Å². The molecule has 0 heterocycles. The lowest BCUT2D eigenvalue weighted by atomic mass is 9.48. The highest BCUT2D eigenvalue weighted by Gasteiger charge is 2.55. The molecule has 0 aromatic heterocycles. The molecule has 0 saturated heterocycles. The van der Waals surface area contributed by atoms with Gasteiger partial charge in [0, 0.05) is 11.6 Å². The number of carbonyl (C=O) groups excluding carboxylic acids is 1. The highest BCUT2D eigenvalue weighted by atomic mass is 16.2. The molecule has 24 heavy (non-hydrogen) atoms. The van der Waals surface area contributed by atoms with Crippen molar-refractivity contribution in [3.63, 3.8) is 0 Å². The number of aryl methyl sites for hydroxylation is 2. The fourth-order valence-corrected chi connectivity index (χ4v) is 4.89. The fraction of sp³-hybridized carbons (Fsp3) is 0.409. The van der Waals surface area contributed by atoms with Gasteiger partial charge < -0.3 is 5.32 Å². The summed E-state index contributed by atoms with van der Waals surface area (Å²) in [6, 6.07) is 17.0. The summed E-state index contributed by atoms with van der Waals surface area (Å²) in [4.78, 5) is 12.9. The Bertz CT molecular complexity index is 740. The Labute approximate surface area is 144 Å². The van der Waals surface area contributed by atoms with Crippen molar-refractivity contribution in [3.8, 4) is 0 Å². The molecule has 2 bridgehead atoms. The Morgan fingerprint density at radius 2 is 1.71 bits per heavy atom. The predicted molar refractivity (Wildman–Crippen MR) is 98.0 cm³/mol. The third-order valence-electron chi connectivity index (χ3n) is 6.06. The van der Waals surface area contributed by atoms with Crippen LogP contribution in [0.5, 0.6) is 0 Å². The van der Waals surface area contributed by atoms with Crippen molar-refractivity contribution in [1.82, 2.24) is 0 Å². The molecule has 0 aliphatic heterocycles. The zero-order valence-corrected chi connectivity index (χ0v) is 14.5. The van der Waals surface area contributed by atoms with Gasteiger partial charge in [-0.2, -0.15) is 0 Å². The Hall–Kier alpha value is -2.09. The molecule has 2 aliphatic rings. The summed E-state index contributed by atoms with van der Waals surface area (Å²) >= 11 is 0. The SMILES string of the molecule is Cc1ccc(C)c(NC(=O)C2[C@@H]3CCC[C@@H]2C3c2ccccc2)c1. The van der Waals surface area contributed by atoms with E-state index in [1.807, 2.05) is 0 Å². The first-order valence-corrected chi connectivity index (χ1v) is 9.08. The topological polar surface area (TPSA) is 29.1 Å². The molecule has 2 saturated carbocycles. The maximum Gasteiger partial charge on any atom is 0.228 e. The van der Waals surface area contributed by atoms with Gasteiger partial charge in [-0.3, -0.25) is 4.79 Å². The molecule has 2 heteroatoms. The van der Waals surface area contributed by atoms with E-state index in [1.54, 1.807) is 0 Å². The zero-order valence-electron chi connectivity index (χ0n) is 14.5. The number of hydrogen-bond donors (Lipinski definition) is 1. The Balaban J connectivity index is 1.53. The predicted octanol–water partition coefficient (Wildman–Crippen LogP) is 5.07. The van der Waals surface area contributed by atoms with Gasteiger partial charge in [0.2, 0.25) is 5.91 Å². The normalized spacial score (nSPS) is 28.1. The molecule has 0 unspecified atom stereocenters. The van der Waals surface area contributed by atoms with Gasteiger partial charge in [-0.05, 0) is 67.2 Å². The third kappa shape index (κ3) is 2.54. The Kier molecular flexibility index (Phi) is 3.91. The van der Waals surface area contributed by atoms with E-state index in [2.05, 4.69) is 67.7 Å². The zero-order chi connectivity index (χ0) is 16.7. The smallest absolute Gasteiger partial charge is 0.228 e. The highest BCUT2D eigenvalue weighted by molar-refractivity contribution is 5.94. The highest BCUT2D eigenvalue weighted by Crippen LogP contribution is 2.60. The van der Waals surface area contributed by atoms with E-state index in [0.29, 0.717) is 17.8 Å². The molecule has 1 amide bonds. The van der Waals surface area contributed by atoms with Gasteiger partial charge in [-0.1, -0.05) is 48.9 Å². The largest absolute Gasteiger partial charge is 0.326 e. The lowest BCUT2D eigenvalue weighted by Gasteiger charge is -2.55. The van der Waals surface area contributed by atoms with Crippen LogP contribution in [0, 0.1) is 31.6 Å². The molecule has 0 spiro atoms. The molecule has 4 rings (SSSR count). The minimum Gasteiger partial charge on any atom is -0.326 e. The summed E-state index contributed by atoms with van der Waals surface area (Å²) < 4.78 is 0. The van der Waals surface area contributed by atoms with Gasteiger partial charge in [-0.25, -0.2) is 0 Å². The molecule has 2 atom stereocenters. The van der Waals surface area contributed by atoms with Gasteiger partial charge in [0.1, 0.15) is 0 Å². The number of nitrogens with one attached hydrogen (secondary N) is 1. The fourth-order valence-electron chi connectivity index (χ4n) is 4.89. The molecule has 2 aromatic carbocycles. The van der Waals surface area contributed by atoms with E-state index in [-0.39, 0.29) is 11.8 Å². The first-order valence-electron chi connectivity index (χ1n) is 9.08. The number of carbonyl (C=O) groups is 1. The molecular formula is C22H25NO. The maximum atomic E-state index is 12.9. The van der Waals surface area contributed by atoms with Crippen LogP contribution in [0.15, 0.2) is 48.5 Å².